The standard InChI is InChI=1S/C22H20NO2.Ru/c1-4-17-6-5-7-20(16-17)23(18-8-12-21(24-2)13-9-18)19-10-14-22(25-3)15-11-19;/h1,4-16H,2-3H3;/q-1;+1. The molecule has 0 aliphatic carbocycles. The van der Waals surface area contributed by atoms with Crippen LogP contribution in [0.3, 0.4) is 0 Å². The van der Waals surface area contributed by atoms with Crippen LogP contribution >= 0.6 is 0 Å². The molecule has 0 aliphatic rings. The van der Waals surface area contributed by atoms with E-state index in [1.165, 1.54) is 0 Å². The van der Waals surface area contributed by atoms with Gasteiger partial charge in [-0.05, 0) is 54.6 Å². The first kappa shape index (κ1) is 19.7. The van der Waals surface area contributed by atoms with E-state index in [-0.39, 0.29) is 19.5 Å². The number of ether oxygens (including phenoxy) is 2. The van der Waals surface area contributed by atoms with Gasteiger partial charge in [0.1, 0.15) is 11.5 Å². The molecule has 0 N–H and O–H groups in total. The zero-order valence-electron chi connectivity index (χ0n) is 14.7. The van der Waals surface area contributed by atoms with Gasteiger partial charge in [-0.15, -0.1) is 12.1 Å². The number of rotatable bonds is 6. The van der Waals surface area contributed by atoms with Gasteiger partial charge in [0.05, 0.1) is 14.2 Å². The van der Waals surface area contributed by atoms with Crippen molar-refractivity contribution < 1.29 is 29.0 Å². The predicted octanol–water partition coefficient (Wildman–Crippen LogP) is 5.62. The van der Waals surface area contributed by atoms with Gasteiger partial charge in [0.2, 0.25) is 0 Å². The van der Waals surface area contributed by atoms with Crippen LogP contribution in [0.5, 0.6) is 11.5 Å². The van der Waals surface area contributed by atoms with Crippen LogP contribution in [0.4, 0.5) is 17.1 Å². The Bertz CT molecular complexity index is 797. The van der Waals surface area contributed by atoms with Crippen LogP contribution in [-0.4, -0.2) is 14.2 Å². The number of anilines is 3. The van der Waals surface area contributed by atoms with Crippen molar-refractivity contribution >= 4 is 23.1 Å². The summed E-state index contributed by atoms with van der Waals surface area (Å²) in [6, 6.07) is 24.0. The van der Waals surface area contributed by atoms with Crippen molar-refractivity contribution in [2.45, 2.75) is 0 Å². The molecular formula is C22H20NO2Ru. The van der Waals surface area contributed by atoms with E-state index < -0.39 is 0 Å². The molecule has 3 aromatic rings. The van der Waals surface area contributed by atoms with Crippen molar-refractivity contribution in [3.8, 4) is 11.5 Å². The molecule has 0 aromatic heterocycles. The van der Waals surface area contributed by atoms with E-state index in [9.17, 15) is 0 Å². The number of benzene rings is 3. The molecule has 0 saturated carbocycles. The molecule has 0 atom stereocenters. The molecule has 1 radical (unpaired) electrons. The second-order valence-electron chi connectivity index (χ2n) is 5.49. The van der Waals surface area contributed by atoms with Crippen LogP contribution < -0.4 is 14.4 Å². The molecule has 3 nitrogen and oxygen atoms in total. The van der Waals surface area contributed by atoms with E-state index in [4.69, 9.17) is 16.1 Å². The largest absolute Gasteiger partial charge is 1.00 e. The third kappa shape index (κ3) is 4.33. The molecular weight excluding hydrogens is 411 g/mol. The molecule has 0 heterocycles. The average Bonchev–Trinajstić information content (AvgIpc) is 2.69. The minimum absolute atomic E-state index is 0. The summed E-state index contributed by atoms with van der Waals surface area (Å²) < 4.78 is 10.5. The molecule has 26 heavy (non-hydrogen) atoms. The van der Waals surface area contributed by atoms with Crippen molar-refractivity contribution in [1.29, 1.82) is 0 Å². The molecule has 0 amide bonds. The number of methoxy groups -OCH3 is 2. The SMILES string of the molecule is [CH-]=Cc1cccc(N(c2ccc(OC)cc2)c2ccc(OC)cc2)c1.[Ru+]. The summed E-state index contributed by atoms with van der Waals surface area (Å²) in [5.74, 6) is 1.64. The average molecular weight is 431 g/mol. The van der Waals surface area contributed by atoms with E-state index in [0.717, 1.165) is 34.1 Å². The molecule has 0 unspecified atom stereocenters. The Labute approximate surface area is 167 Å². The van der Waals surface area contributed by atoms with Gasteiger partial charge in [-0.2, -0.15) is 5.56 Å². The maximum Gasteiger partial charge on any atom is 1.00 e. The van der Waals surface area contributed by atoms with Crippen LogP contribution in [0.1, 0.15) is 5.56 Å². The molecule has 0 bridgehead atoms. The molecule has 133 valence electrons. The third-order valence-corrected chi connectivity index (χ3v) is 3.98. The molecule has 0 aliphatic heterocycles. The second kappa shape index (κ2) is 9.21. The second-order valence-corrected chi connectivity index (χ2v) is 5.49. The van der Waals surface area contributed by atoms with Gasteiger partial charge in [-0.25, -0.2) is 6.08 Å². The first-order valence-corrected chi connectivity index (χ1v) is 7.98. The Kier molecular flexibility index (Phi) is 7.00. The molecule has 3 aromatic carbocycles. The van der Waals surface area contributed by atoms with E-state index >= 15 is 0 Å². The number of hydrogen-bond acceptors (Lipinski definition) is 3. The number of nitrogens with zero attached hydrogens (tertiary/aromatic N) is 1. The Balaban J connectivity index is 0.00000243. The third-order valence-electron chi connectivity index (χ3n) is 3.98. The molecule has 0 saturated heterocycles. The Hall–Kier alpha value is -2.58. The van der Waals surface area contributed by atoms with Crippen molar-refractivity contribution in [3.63, 3.8) is 0 Å². The van der Waals surface area contributed by atoms with Crippen LogP contribution in [0.2, 0.25) is 0 Å². The molecule has 4 heteroatoms. The Morgan fingerprint density at radius 1 is 0.731 bits per heavy atom. The fourth-order valence-electron chi connectivity index (χ4n) is 2.68. The normalized spacial score (nSPS) is 9.77. The van der Waals surface area contributed by atoms with E-state index in [1.807, 2.05) is 60.7 Å². The van der Waals surface area contributed by atoms with Crippen molar-refractivity contribution in [2.24, 2.45) is 0 Å². The fraction of sp³-hybridized carbons (Fsp3) is 0.0909. The molecule has 0 fully saturated rings. The van der Waals surface area contributed by atoms with Crippen molar-refractivity contribution in [2.75, 3.05) is 19.1 Å². The van der Waals surface area contributed by atoms with Gasteiger partial charge in [0.25, 0.3) is 0 Å². The van der Waals surface area contributed by atoms with Crippen LogP contribution in [0.15, 0.2) is 72.8 Å². The molecule has 0 spiro atoms. The predicted molar refractivity (Wildman–Crippen MR) is 103 cm³/mol. The van der Waals surface area contributed by atoms with Gasteiger partial charge in [-0.1, -0.05) is 6.07 Å². The van der Waals surface area contributed by atoms with E-state index in [2.05, 4.69) is 17.0 Å². The summed E-state index contributed by atoms with van der Waals surface area (Å²) in [6.07, 6.45) is 1.60. The van der Waals surface area contributed by atoms with Gasteiger partial charge in [0, 0.05) is 17.1 Å². The van der Waals surface area contributed by atoms with E-state index in [0.29, 0.717) is 0 Å². The number of hydrogen-bond donors (Lipinski definition) is 0. The maximum absolute atomic E-state index is 5.70. The maximum atomic E-state index is 5.70. The summed E-state index contributed by atoms with van der Waals surface area (Å²) in [5, 5.41) is 0. The van der Waals surface area contributed by atoms with Crippen LogP contribution in [-0.2, 0) is 19.5 Å². The van der Waals surface area contributed by atoms with Gasteiger partial charge in [-0.3, -0.25) is 6.58 Å². The minimum Gasteiger partial charge on any atom is -0.497 e. The van der Waals surface area contributed by atoms with Gasteiger partial charge >= 0.3 is 19.5 Å². The Morgan fingerprint density at radius 2 is 1.23 bits per heavy atom. The van der Waals surface area contributed by atoms with Crippen LogP contribution in [0, 0.1) is 6.58 Å². The van der Waals surface area contributed by atoms with E-state index in [1.54, 1.807) is 20.3 Å². The van der Waals surface area contributed by atoms with Gasteiger partial charge in [0.15, 0.2) is 0 Å². The summed E-state index contributed by atoms with van der Waals surface area (Å²) in [6.45, 7) is 5.70. The van der Waals surface area contributed by atoms with Gasteiger partial charge < -0.3 is 14.4 Å². The Morgan fingerprint density at radius 3 is 1.65 bits per heavy atom. The van der Waals surface area contributed by atoms with Crippen molar-refractivity contribution in [3.05, 3.63) is 84.9 Å². The minimum atomic E-state index is 0. The quantitative estimate of drug-likeness (QED) is 0.374. The summed E-state index contributed by atoms with van der Waals surface area (Å²) in [5.41, 5.74) is 4.04. The molecule has 3 rings (SSSR count). The van der Waals surface area contributed by atoms with Crippen molar-refractivity contribution in [1.82, 2.24) is 0 Å². The monoisotopic (exact) mass is 432 g/mol. The fourth-order valence-corrected chi connectivity index (χ4v) is 2.68. The first-order chi connectivity index (χ1) is 12.2. The zero-order valence-corrected chi connectivity index (χ0v) is 16.4. The van der Waals surface area contributed by atoms with Crippen LogP contribution in [0.25, 0.3) is 6.08 Å². The summed E-state index contributed by atoms with van der Waals surface area (Å²) >= 11 is 0. The first-order valence-electron chi connectivity index (χ1n) is 7.98. The summed E-state index contributed by atoms with van der Waals surface area (Å²) in [4.78, 5) is 2.16. The topological polar surface area (TPSA) is 21.7 Å². The zero-order chi connectivity index (χ0) is 17.6. The smallest absolute Gasteiger partial charge is 0.497 e. The summed E-state index contributed by atoms with van der Waals surface area (Å²) in [7, 11) is 3.33.